The molecule has 0 heterocycles. The maximum atomic E-state index is 11.0. The Hall–Kier alpha value is -0.780. The fourth-order valence-corrected chi connectivity index (χ4v) is 1.51. The predicted molar refractivity (Wildman–Crippen MR) is 52.3 cm³/mol. The van der Waals surface area contributed by atoms with E-state index in [1.807, 2.05) is 5.92 Å². The molecule has 0 N–H and O–H groups in total. The van der Waals surface area contributed by atoms with Gasteiger partial charge in [0.05, 0.1) is 5.02 Å². The highest BCUT2D eigenvalue weighted by atomic mass is 79.9. The third kappa shape index (κ3) is 1.88. The second kappa shape index (κ2) is 3.75. The van der Waals surface area contributed by atoms with Crippen LogP contribution < -0.4 is 0 Å². The molecule has 0 fully saturated rings. The highest BCUT2D eigenvalue weighted by Gasteiger charge is 2.06. The van der Waals surface area contributed by atoms with Crippen molar-refractivity contribution >= 4 is 33.3 Å². The van der Waals surface area contributed by atoms with Gasteiger partial charge in [-0.15, -0.1) is 6.42 Å². The minimum Gasteiger partial charge on any atom is -0.279 e. The first-order valence-electron chi connectivity index (χ1n) is 3.11. The van der Waals surface area contributed by atoms with E-state index in [9.17, 15) is 4.79 Å². The van der Waals surface area contributed by atoms with E-state index < -0.39 is 5.78 Å². The van der Waals surface area contributed by atoms with Gasteiger partial charge in [0, 0.05) is 10.0 Å². The van der Waals surface area contributed by atoms with Crippen molar-refractivity contribution in [3.8, 4) is 12.3 Å². The minimum atomic E-state index is -0.396. The van der Waals surface area contributed by atoms with Crippen molar-refractivity contribution in [2.45, 2.75) is 0 Å². The molecule has 0 aliphatic carbocycles. The van der Waals surface area contributed by atoms with Crippen molar-refractivity contribution in [3.05, 3.63) is 33.3 Å². The summed E-state index contributed by atoms with van der Waals surface area (Å²) in [5.41, 5.74) is 0.363. The van der Waals surface area contributed by atoms with Gasteiger partial charge in [0.25, 0.3) is 0 Å². The third-order valence-corrected chi connectivity index (χ3v) is 2.11. The van der Waals surface area contributed by atoms with Crippen LogP contribution in [0.3, 0.4) is 0 Å². The molecule has 60 valence electrons. The monoisotopic (exact) mass is 242 g/mol. The van der Waals surface area contributed by atoms with E-state index in [4.69, 9.17) is 18.0 Å². The fraction of sp³-hybridized carbons (Fsp3) is 0. The minimum absolute atomic E-state index is 0.363. The second-order valence-corrected chi connectivity index (χ2v) is 3.42. The van der Waals surface area contributed by atoms with Crippen LogP contribution >= 0.6 is 27.5 Å². The van der Waals surface area contributed by atoms with E-state index in [-0.39, 0.29) is 0 Å². The van der Waals surface area contributed by atoms with Crippen LogP contribution in [0.15, 0.2) is 22.7 Å². The van der Waals surface area contributed by atoms with Gasteiger partial charge in [-0.3, -0.25) is 4.79 Å². The number of terminal acetylenes is 1. The topological polar surface area (TPSA) is 17.1 Å². The van der Waals surface area contributed by atoms with Gasteiger partial charge in [-0.25, -0.2) is 0 Å². The summed E-state index contributed by atoms with van der Waals surface area (Å²) in [7, 11) is 0. The fourth-order valence-electron chi connectivity index (χ4n) is 0.751. The first-order valence-corrected chi connectivity index (χ1v) is 4.28. The Labute approximate surface area is 83.9 Å². The molecule has 0 bridgehead atoms. The highest BCUT2D eigenvalue weighted by Crippen LogP contribution is 2.21. The number of carbonyl (C=O) groups excluding carboxylic acids is 1. The Balaban J connectivity index is 3.20. The van der Waals surface area contributed by atoms with Crippen LogP contribution in [0.2, 0.25) is 5.02 Å². The van der Waals surface area contributed by atoms with Gasteiger partial charge < -0.3 is 0 Å². The molecular weight excluding hydrogens is 239 g/mol. The van der Waals surface area contributed by atoms with Crippen LogP contribution in [0.1, 0.15) is 10.4 Å². The zero-order valence-corrected chi connectivity index (χ0v) is 8.32. The highest BCUT2D eigenvalue weighted by molar-refractivity contribution is 9.10. The molecule has 0 aliphatic heterocycles. The molecule has 0 radical (unpaired) electrons. The lowest BCUT2D eigenvalue weighted by atomic mass is 10.1. The van der Waals surface area contributed by atoms with Crippen molar-refractivity contribution in [2.75, 3.05) is 0 Å². The van der Waals surface area contributed by atoms with Crippen LogP contribution in [0.5, 0.6) is 0 Å². The Morgan fingerprint density at radius 1 is 1.58 bits per heavy atom. The number of Topliss-reactive ketones (excluding diaryl/α,β-unsaturated/α-hetero) is 1. The van der Waals surface area contributed by atoms with Crippen molar-refractivity contribution in [2.24, 2.45) is 0 Å². The Bertz CT molecular complexity index is 365. The summed E-state index contributed by atoms with van der Waals surface area (Å²) in [5, 5.41) is 0.368. The maximum absolute atomic E-state index is 11.0. The molecule has 3 heteroatoms. The van der Waals surface area contributed by atoms with Crippen molar-refractivity contribution in [1.82, 2.24) is 0 Å². The van der Waals surface area contributed by atoms with Gasteiger partial charge in [0.15, 0.2) is 0 Å². The van der Waals surface area contributed by atoms with Gasteiger partial charge in [-0.2, -0.15) is 0 Å². The molecule has 0 saturated carbocycles. The van der Waals surface area contributed by atoms with Crippen LogP contribution in [-0.4, -0.2) is 5.78 Å². The van der Waals surface area contributed by atoms with Crippen molar-refractivity contribution in [3.63, 3.8) is 0 Å². The Morgan fingerprint density at radius 2 is 2.25 bits per heavy atom. The molecule has 1 nitrogen and oxygen atoms in total. The third-order valence-electron chi connectivity index (χ3n) is 1.31. The molecule has 1 aromatic carbocycles. The molecular formula is C9H4BrClO. The van der Waals surface area contributed by atoms with Crippen LogP contribution in [0.25, 0.3) is 0 Å². The van der Waals surface area contributed by atoms with Gasteiger partial charge in [0.1, 0.15) is 0 Å². The van der Waals surface area contributed by atoms with Crippen molar-refractivity contribution in [1.29, 1.82) is 0 Å². The van der Waals surface area contributed by atoms with Crippen LogP contribution in [0.4, 0.5) is 0 Å². The first-order chi connectivity index (χ1) is 5.65. The second-order valence-electron chi connectivity index (χ2n) is 2.10. The summed E-state index contributed by atoms with van der Waals surface area (Å²) < 4.78 is 0.820. The number of hydrogen-bond donors (Lipinski definition) is 0. The van der Waals surface area contributed by atoms with E-state index in [0.717, 1.165) is 4.47 Å². The number of benzene rings is 1. The van der Waals surface area contributed by atoms with E-state index in [0.29, 0.717) is 10.6 Å². The van der Waals surface area contributed by atoms with E-state index in [2.05, 4.69) is 15.9 Å². The normalized spacial score (nSPS) is 9.08. The summed E-state index contributed by atoms with van der Waals surface area (Å²) >= 11 is 8.98. The number of ketones is 1. The number of carbonyl (C=O) groups is 1. The summed E-state index contributed by atoms with van der Waals surface area (Å²) in [6.07, 6.45) is 4.94. The zero-order valence-electron chi connectivity index (χ0n) is 5.97. The summed E-state index contributed by atoms with van der Waals surface area (Å²) in [6, 6.07) is 4.94. The van der Waals surface area contributed by atoms with Crippen LogP contribution in [0, 0.1) is 12.3 Å². The molecule has 1 aromatic rings. The van der Waals surface area contributed by atoms with E-state index >= 15 is 0 Å². The van der Waals surface area contributed by atoms with E-state index in [1.54, 1.807) is 18.2 Å². The SMILES string of the molecule is C#CC(=O)c1ccc(Br)cc1Cl. The molecule has 0 aliphatic rings. The number of rotatable bonds is 1. The largest absolute Gasteiger partial charge is 0.279 e. The Kier molecular flexibility index (Phi) is 2.91. The standard InChI is InChI=1S/C9H4BrClO/c1-2-9(12)7-4-3-6(10)5-8(7)11/h1,3-5H. The van der Waals surface area contributed by atoms with E-state index in [1.165, 1.54) is 0 Å². The molecule has 0 amide bonds. The molecule has 0 atom stereocenters. The molecule has 12 heavy (non-hydrogen) atoms. The molecule has 0 unspecified atom stereocenters. The van der Waals surface area contributed by atoms with Gasteiger partial charge in [-0.05, 0) is 24.1 Å². The summed E-state index contributed by atoms with van der Waals surface area (Å²) in [4.78, 5) is 11.0. The molecule has 0 saturated heterocycles. The summed E-state index contributed by atoms with van der Waals surface area (Å²) in [5.74, 6) is 1.61. The zero-order chi connectivity index (χ0) is 9.14. The predicted octanol–water partition coefficient (Wildman–Crippen LogP) is 2.92. The smallest absolute Gasteiger partial charge is 0.237 e. The lowest BCUT2D eigenvalue weighted by Crippen LogP contribution is -1.94. The quantitative estimate of drug-likeness (QED) is 0.421. The molecule has 0 aromatic heterocycles. The molecule has 1 rings (SSSR count). The molecule has 0 spiro atoms. The Morgan fingerprint density at radius 3 is 2.75 bits per heavy atom. The van der Waals surface area contributed by atoms with Gasteiger partial charge in [-0.1, -0.05) is 27.5 Å². The van der Waals surface area contributed by atoms with Gasteiger partial charge in [0.2, 0.25) is 5.78 Å². The van der Waals surface area contributed by atoms with Gasteiger partial charge >= 0.3 is 0 Å². The van der Waals surface area contributed by atoms with Crippen LogP contribution in [-0.2, 0) is 0 Å². The summed E-state index contributed by atoms with van der Waals surface area (Å²) in [6.45, 7) is 0. The van der Waals surface area contributed by atoms with Crippen molar-refractivity contribution < 1.29 is 4.79 Å². The maximum Gasteiger partial charge on any atom is 0.237 e. The average Bonchev–Trinajstić information content (AvgIpc) is 2.03. The average molecular weight is 243 g/mol. The lowest BCUT2D eigenvalue weighted by Gasteiger charge is -1.97. The first kappa shape index (κ1) is 9.31. The number of halogens is 2. The number of hydrogen-bond acceptors (Lipinski definition) is 1. The lowest BCUT2D eigenvalue weighted by molar-refractivity contribution is 0.105.